The summed E-state index contributed by atoms with van der Waals surface area (Å²) in [7, 11) is 0. The third-order valence-electron chi connectivity index (χ3n) is 8.44. The Hall–Kier alpha value is -5.52. The number of rotatable bonds is 4. The molecule has 1 unspecified atom stereocenters. The van der Waals surface area contributed by atoms with Crippen LogP contribution in [0.2, 0.25) is 0 Å². The summed E-state index contributed by atoms with van der Waals surface area (Å²) >= 11 is 1.85. The third kappa shape index (κ3) is 3.98. The number of benzene rings is 5. The fraction of sp³-hybridized carbons (Fsp3) is 0.0256. The average Bonchev–Trinajstić information content (AvgIpc) is 3.65. The normalized spacial score (nSPS) is 15.0. The molecule has 0 spiro atoms. The summed E-state index contributed by atoms with van der Waals surface area (Å²) in [5.74, 6) is 0.882. The van der Waals surface area contributed by atoms with Crippen LogP contribution in [0.15, 0.2) is 151 Å². The van der Waals surface area contributed by atoms with E-state index in [-0.39, 0.29) is 6.17 Å². The Morgan fingerprint density at radius 3 is 2.14 bits per heavy atom. The summed E-state index contributed by atoms with van der Waals surface area (Å²) in [4.78, 5) is 10.5. The molecule has 4 nitrogen and oxygen atoms in total. The van der Waals surface area contributed by atoms with Gasteiger partial charge < -0.3 is 5.32 Å². The highest BCUT2D eigenvalue weighted by atomic mass is 32.1. The standard InChI is InChI=1S/C39H26N4S/c1-3-12-25(13-4-1)32-24-33(26-14-5-2-6-15-26)42-39(41-32)31-18-11-21-36(40-31)43-34-19-9-7-16-27(34)29-22-23-30-28-17-8-10-20-35(28)44-38(30)37(29)43/h1-24,39,41H. The van der Waals surface area contributed by atoms with Gasteiger partial charge >= 0.3 is 0 Å². The van der Waals surface area contributed by atoms with E-state index in [2.05, 4.69) is 143 Å². The van der Waals surface area contributed by atoms with Crippen molar-refractivity contribution in [3.05, 3.63) is 162 Å². The molecule has 1 aliphatic rings. The highest BCUT2D eigenvalue weighted by molar-refractivity contribution is 7.26. The second-order valence-electron chi connectivity index (χ2n) is 11.1. The topological polar surface area (TPSA) is 42.2 Å². The fourth-order valence-electron chi connectivity index (χ4n) is 6.41. The molecule has 0 aliphatic carbocycles. The summed E-state index contributed by atoms with van der Waals surface area (Å²) in [6.45, 7) is 0. The van der Waals surface area contributed by atoms with Crippen molar-refractivity contribution in [2.24, 2.45) is 4.99 Å². The highest BCUT2D eigenvalue weighted by Gasteiger charge is 2.23. The average molecular weight is 583 g/mol. The number of nitrogens with zero attached hydrogens (tertiary/aromatic N) is 3. The zero-order chi connectivity index (χ0) is 29.0. The fourth-order valence-corrected chi connectivity index (χ4v) is 7.65. The largest absolute Gasteiger partial charge is 0.358 e. The molecule has 0 amide bonds. The molecule has 1 aliphatic heterocycles. The molecule has 4 heterocycles. The number of aliphatic imine (C=N–C) groups is 1. The van der Waals surface area contributed by atoms with E-state index in [1.165, 1.54) is 36.5 Å². The minimum Gasteiger partial charge on any atom is -0.358 e. The van der Waals surface area contributed by atoms with Crippen LogP contribution in [0.3, 0.4) is 0 Å². The molecular formula is C39H26N4S. The van der Waals surface area contributed by atoms with Crippen molar-refractivity contribution < 1.29 is 0 Å². The van der Waals surface area contributed by atoms with Gasteiger partial charge in [-0.25, -0.2) is 4.98 Å². The molecule has 0 fully saturated rings. The Labute approximate surface area is 258 Å². The van der Waals surface area contributed by atoms with Crippen LogP contribution in [0.25, 0.3) is 53.5 Å². The molecule has 5 heteroatoms. The molecule has 9 rings (SSSR count). The maximum atomic E-state index is 5.33. The molecule has 44 heavy (non-hydrogen) atoms. The first-order valence-corrected chi connectivity index (χ1v) is 15.6. The van der Waals surface area contributed by atoms with Crippen LogP contribution in [-0.4, -0.2) is 15.3 Å². The number of pyridine rings is 1. The van der Waals surface area contributed by atoms with E-state index >= 15 is 0 Å². The van der Waals surface area contributed by atoms with Gasteiger partial charge in [-0.05, 0) is 41.5 Å². The first-order valence-electron chi connectivity index (χ1n) is 14.8. The first-order chi connectivity index (χ1) is 21.8. The van der Waals surface area contributed by atoms with Crippen molar-refractivity contribution >= 4 is 64.7 Å². The molecule has 208 valence electrons. The van der Waals surface area contributed by atoms with E-state index in [4.69, 9.17) is 9.98 Å². The second-order valence-corrected chi connectivity index (χ2v) is 12.1. The van der Waals surface area contributed by atoms with Crippen molar-refractivity contribution in [1.29, 1.82) is 0 Å². The van der Waals surface area contributed by atoms with E-state index in [0.717, 1.165) is 39.6 Å². The minimum absolute atomic E-state index is 0.345. The zero-order valence-corrected chi connectivity index (χ0v) is 24.5. The van der Waals surface area contributed by atoms with Crippen molar-refractivity contribution in [1.82, 2.24) is 14.9 Å². The quantitative estimate of drug-likeness (QED) is 0.224. The number of thiophene rings is 1. The van der Waals surface area contributed by atoms with Gasteiger partial charge in [-0.3, -0.25) is 9.56 Å². The van der Waals surface area contributed by atoms with Crippen LogP contribution >= 0.6 is 11.3 Å². The van der Waals surface area contributed by atoms with Crippen molar-refractivity contribution in [3.63, 3.8) is 0 Å². The third-order valence-corrected chi connectivity index (χ3v) is 9.63. The smallest absolute Gasteiger partial charge is 0.162 e. The molecule has 0 saturated carbocycles. The van der Waals surface area contributed by atoms with Crippen LogP contribution in [0, 0.1) is 0 Å². The summed E-state index contributed by atoms with van der Waals surface area (Å²) in [5, 5.41) is 8.72. The van der Waals surface area contributed by atoms with Gasteiger partial charge in [-0.15, -0.1) is 11.3 Å². The monoisotopic (exact) mass is 582 g/mol. The van der Waals surface area contributed by atoms with Gasteiger partial charge in [0.05, 0.1) is 27.1 Å². The van der Waals surface area contributed by atoms with Gasteiger partial charge in [-0.2, -0.15) is 0 Å². The molecule has 3 aromatic heterocycles. The lowest BCUT2D eigenvalue weighted by atomic mass is 10.0. The maximum absolute atomic E-state index is 5.33. The Morgan fingerprint density at radius 1 is 0.591 bits per heavy atom. The van der Waals surface area contributed by atoms with E-state index in [1.54, 1.807) is 0 Å². The molecule has 8 aromatic rings. The predicted octanol–water partition coefficient (Wildman–Crippen LogP) is 9.68. The van der Waals surface area contributed by atoms with Crippen molar-refractivity contribution in [2.45, 2.75) is 6.17 Å². The number of nitrogens with one attached hydrogen (secondary N) is 1. The predicted molar refractivity (Wildman–Crippen MR) is 185 cm³/mol. The molecule has 0 bridgehead atoms. The SMILES string of the molecule is C1=C(c2ccccc2)NC(c2cccc(-n3c4ccccc4c4ccc5c6ccccc6sc5c43)n2)N=C1c1ccccc1. The van der Waals surface area contributed by atoms with E-state index in [1.807, 2.05) is 23.5 Å². The number of allylic oxidation sites excluding steroid dienone is 1. The Balaban J connectivity index is 1.25. The molecule has 0 radical (unpaired) electrons. The number of fused-ring (bicyclic) bond motifs is 7. The van der Waals surface area contributed by atoms with Gasteiger partial charge in [0.2, 0.25) is 0 Å². The van der Waals surface area contributed by atoms with Gasteiger partial charge in [0, 0.05) is 31.9 Å². The molecule has 5 aromatic carbocycles. The number of hydrogen-bond donors (Lipinski definition) is 1. The first kappa shape index (κ1) is 25.0. The Kier molecular flexibility index (Phi) is 5.71. The minimum atomic E-state index is -0.345. The summed E-state index contributed by atoms with van der Waals surface area (Å²) in [6, 6.07) is 49.0. The van der Waals surface area contributed by atoms with Crippen LogP contribution in [0.5, 0.6) is 0 Å². The van der Waals surface area contributed by atoms with Gasteiger partial charge in [0.1, 0.15) is 5.82 Å². The molecule has 1 atom stereocenters. The summed E-state index contributed by atoms with van der Waals surface area (Å²) in [6.07, 6.45) is 1.79. The van der Waals surface area contributed by atoms with Crippen LogP contribution < -0.4 is 5.32 Å². The van der Waals surface area contributed by atoms with Crippen molar-refractivity contribution in [3.8, 4) is 5.82 Å². The van der Waals surface area contributed by atoms with E-state index in [9.17, 15) is 0 Å². The maximum Gasteiger partial charge on any atom is 0.162 e. The van der Waals surface area contributed by atoms with Gasteiger partial charge in [0.25, 0.3) is 0 Å². The summed E-state index contributed by atoms with van der Waals surface area (Å²) in [5.41, 5.74) is 7.37. The van der Waals surface area contributed by atoms with Crippen molar-refractivity contribution in [2.75, 3.05) is 0 Å². The van der Waals surface area contributed by atoms with Crippen LogP contribution in [0.1, 0.15) is 23.0 Å². The van der Waals surface area contributed by atoms with Gasteiger partial charge in [0.15, 0.2) is 6.17 Å². The molecule has 1 N–H and O–H groups in total. The number of aromatic nitrogens is 2. The lowest BCUT2D eigenvalue weighted by Gasteiger charge is -2.24. The summed E-state index contributed by atoms with van der Waals surface area (Å²) < 4.78 is 4.91. The lowest BCUT2D eigenvalue weighted by molar-refractivity contribution is 0.641. The van der Waals surface area contributed by atoms with E-state index in [0.29, 0.717) is 0 Å². The lowest BCUT2D eigenvalue weighted by Crippen LogP contribution is -2.25. The van der Waals surface area contributed by atoms with E-state index < -0.39 is 0 Å². The highest BCUT2D eigenvalue weighted by Crippen LogP contribution is 2.42. The second kappa shape index (κ2) is 10.0. The van der Waals surface area contributed by atoms with Crippen LogP contribution in [0.4, 0.5) is 0 Å². The Morgan fingerprint density at radius 2 is 1.30 bits per heavy atom. The Bertz CT molecular complexity index is 2420. The molecular weight excluding hydrogens is 557 g/mol. The number of hydrogen-bond acceptors (Lipinski definition) is 4. The number of para-hydroxylation sites is 1. The molecule has 0 saturated heterocycles. The zero-order valence-electron chi connectivity index (χ0n) is 23.7. The van der Waals surface area contributed by atoms with Crippen LogP contribution in [-0.2, 0) is 0 Å². The van der Waals surface area contributed by atoms with Gasteiger partial charge in [-0.1, -0.05) is 115 Å².